The summed E-state index contributed by atoms with van der Waals surface area (Å²) in [5.74, 6) is 0.777. The Balaban J connectivity index is 2.38. The summed E-state index contributed by atoms with van der Waals surface area (Å²) >= 11 is 0. The summed E-state index contributed by atoms with van der Waals surface area (Å²) in [6.45, 7) is 2.01. The molecule has 94 valence electrons. The fraction of sp³-hybridized carbons (Fsp3) is 0.538. The zero-order valence-corrected chi connectivity index (χ0v) is 10.1. The minimum Gasteiger partial charge on any atom is -0.496 e. The van der Waals surface area contributed by atoms with Crippen molar-refractivity contribution in [3.05, 3.63) is 29.8 Å². The van der Waals surface area contributed by atoms with Gasteiger partial charge in [0.1, 0.15) is 5.75 Å². The summed E-state index contributed by atoms with van der Waals surface area (Å²) in [7, 11) is 1.64. The van der Waals surface area contributed by atoms with E-state index in [1.54, 1.807) is 7.11 Å². The molecule has 2 N–H and O–H groups in total. The Morgan fingerprint density at radius 1 is 1.47 bits per heavy atom. The largest absolute Gasteiger partial charge is 0.496 e. The summed E-state index contributed by atoms with van der Waals surface area (Å²) in [6, 6.07) is 7.74. The van der Waals surface area contributed by atoms with Crippen LogP contribution in [0.15, 0.2) is 24.3 Å². The number of benzene rings is 1. The Labute approximate surface area is 102 Å². The molecule has 4 nitrogen and oxygen atoms in total. The normalized spacial score (nSPS) is 25.3. The van der Waals surface area contributed by atoms with Crippen molar-refractivity contribution >= 4 is 0 Å². The second-order valence-corrected chi connectivity index (χ2v) is 4.27. The lowest BCUT2D eigenvalue weighted by molar-refractivity contribution is 0.0538. The molecule has 0 radical (unpaired) electrons. The van der Waals surface area contributed by atoms with E-state index in [9.17, 15) is 5.11 Å². The summed E-state index contributed by atoms with van der Waals surface area (Å²) in [5.41, 5.74) is 0.398. The smallest absolute Gasteiger partial charge is 0.124 e. The highest BCUT2D eigenvalue weighted by Gasteiger charge is 2.35. The van der Waals surface area contributed by atoms with Gasteiger partial charge in [-0.05, 0) is 19.0 Å². The molecule has 1 aliphatic rings. The quantitative estimate of drug-likeness (QED) is 0.820. The molecule has 1 saturated heterocycles. The minimum atomic E-state index is -0.552. The molecule has 1 aromatic rings. The van der Waals surface area contributed by atoms with Crippen molar-refractivity contribution in [2.45, 2.75) is 12.0 Å². The lowest BCUT2D eigenvalue weighted by Gasteiger charge is -2.32. The second kappa shape index (κ2) is 5.49. The van der Waals surface area contributed by atoms with Crippen molar-refractivity contribution in [3.63, 3.8) is 0 Å². The molecule has 17 heavy (non-hydrogen) atoms. The highest BCUT2D eigenvalue weighted by molar-refractivity contribution is 5.39. The molecule has 1 atom stereocenters. The zero-order chi connectivity index (χ0) is 12.1. The van der Waals surface area contributed by atoms with Crippen LogP contribution in [0.5, 0.6) is 5.75 Å². The number of para-hydroxylation sites is 1. The molecular weight excluding hydrogens is 218 g/mol. The molecule has 2 rings (SSSR count). The van der Waals surface area contributed by atoms with E-state index < -0.39 is 5.54 Å². The van der Waals surface area contributed by atoms with E-state index in [2.05, 4.69) is 5.32 Å². The van der Waals surface area contributed by atoms with Gasteiger partial charge in [-0.15, -0.1) is 0 Å². The SMILES string of the molecule is COc1ccccc1C1(CO)COCCCN1. The number of aliphatic hydroxyl groups excluding tert-OH is 1. The van der Waals surface area contributed by atoms with Crippen LogP contribution in [0.2, 0.25) is 0 Å². The van der Waals surface area contributed by atoms with Gasteiger partial charge in [0.25, 0.3) is 0 Å². The van der Waals surface area contributed by atoms with Crippen LogP contribution in [-0.4, -0.2) is 38.6 Å². The molecule has 1 aromatic carbocycles. The van der Waals surface area contributed by atoms with Crippen molar-refractivity contribution in [1.29, 1.82) is 0 Å². The predicted molar refractivity (Wildman–Crippen MR) is 65.2 cm³/mol. The summed E-state index contributed by atoms with van der Waals surface area (Å²) in [5, 5.41) is 13.1. The Bertz CT molecular complexity index is 359. The van der Waals surface area contributed by atoms with Gasteiger partial charge in [0.15, 0.2) is 0 Å². The maximum Gasteiger partial charge on any atom is 0.124 e. The number of hydrogen-bond acceptors (Lipinski definition) is 4. The maximum absolute atomic E-state index is 9.74. The molecule has 1 fully saturated rings. The molecule has 1 heterocycles. The highest BCUT2D eigenvalue weighted by Crippen LogP contribution is 2.31. The first kappa shape index (κ1) is 12.4. The molecule has 4 heteroatoms. The van der Waals surface area contributed by atoms with Gasteiger partial charge in [-0.25, -0.2) is 0 Å². The third kappa shape index (κ3) is 2.44. The van der Waals surface area contributed by atoms with Gasteiger partial charge in [-0.3, -0.25) is 0 Å². The number of ether oxygens (including phenoxy) is 2. The van der Waals surface area contributed by atoms with Crippen molar-refractivity contribution in [1.82, 2.24) is 5.32 Å². The van der Waals surface area contributed by atoms with E-state index >= 15 is 0 Å². The molecule has 1 unspecified atom stereocenters. The summed E-state index contributed by atoms with van der Waals surface area (Å²) in [4.78, 5) is 0. The standard InChI is InChI=1S/C13H19NO3/c1-16-12-6-3-2-5-11(12)13(9-15)10-17-8-4-7-14-13/h2-3,5-6,14-15H,4,7-10H2,1H3. The average molecular weight is 237 g/mol. The lowest BCUT2D eigenvalue weighted by atomic mass is 9.90. The fourth-order valence-electron chi connectivity index (χ4n) is 2.20. The monoisotopic (exact) mass is 237 g/mol. The van der Waals surface area contributed by atoms with Crippen molar-refractivity contribution in [2.75, 3.05) is 33.5 Å². The predicted octanol–water partition coefficient (Wildman–Crippen LogP) is 0.893. The van der Waals surface area contributed by atoms with Crippen LogP contribution in [0, 0.1) is 0 Å². The highest BCUT2D eigenvalue weighted by atomic mass is 16.5. The van der Waals surface area contributed by atoms with Gasteiger partial charge < -0.3 is 19.9 Å². The second-order valence-electron chi connectivity index (χ2n) is 4.27. The van der Waals surface area contributed by atoms with Gasteiger partial charge in [-0.1, -0.05) is 18.2 Å². The molecule has 0 aromatic heterocycles. The summed E-state index contributed by atoms with van der Waals surface area (Å²) in [6.07, 6.45) is 0.955. The van der Waals surface area contributed by atoms with E-state index in [0.29, 0.717) is 6.61 Å². The molecule has 0 spiro atoms. The van der Waals surface area contributed by atoms with Crippen molar-refractivity contribution in [2.24, 2.45) is 0 Å². The van der Waals surface area contributed by atoms with Crippen LogP contribution in [0.3, 0.4) is 0 Å². The van der Waals surface area contributed by atoms with E-state index in [1.807, 2.05) is 24.3 Å². The van der Waals surface area contributed by atoms with E-state index in [4.69, 9.17) is 9.47 Å². The van der Waals surface area contributed by atoms with Gasteiger partial charge in [0.2, 0.25) is 0 Å². The molecule has 0 saturated carbocycles. The molecule has 0 bridgehead atoms. The number of rotatable bonds is 3. The maximum atomic E-state index is 9.74. The van der Waals surface area contributed by atoms with Crippen LogP contribution >= 0.6 is 0 Å². The first-order valence-corrected chi connectivity index (χ1v) is 5.89. The van der Waals surface area contributed by atoms with Crippen molar-refractivity contribution < 1.29 is 14.6 Å². The first-order valence-electron chi connectivity index (χ1n) is 5.89. The van der Waals surface area contributed by atoms with Crippen LogP contribution in [0.1, 0.15) is 12.0 Å². The van der Waals surface area contributed by atoms with Crippen LogP contribution in [0.4, 0.5) is 0 Å². The van der Waals surface area contributed by atoms with Crippen LogP contribution in [-0.2, 0) is 10.3 Å². The molecular formula is C13H19NO3. The Morgan fingerprint density at radius 2 is 2.29 bits per heavy atom. The van der Waals surface area contributed by atoms with Crippen LogP contribution < -0.4 is 10.1 Å². The number of nitrogens with one attached hydrogen (secondary N) is 1. The number of hydrogen-bond donors (Lipinski definition) is 2. The van der Waals surface area contributed by atoms with Gasteiger partial charge in [0, 0.05) is 12.2 Å². The Hall–Kier alpha value is -1.10. The van der Waals surface area contributed by atoms with Crippen molar-refractivity contribution in [3.8, 4) is 5.75 Å². The van der Waals surface area contributed by atoms with Gasteiger partial charge in [0.05, 0.1) is 25.9 Å². The lowest BCUT2D eigenvalue weighted by Crippen LogP contribution is -2.48. The average Bonchev–Trinajstić information content (AvgIpc) is 2.65. The van der Waals surface area contributed by atoms with E-state index in [1.165, 1.54) is 0 Å². The Morgan fingerprint density at radius 3 is 3.06 bits per heavy atom. The van der Waals surface area contributed by atoms with Gasteiger partial charge >= 0.3 is 0 Å². The third-order valence-electron chi connectivity index (χ3n) is 3.17. The molecule has 0 amide bonds. The van der Waals surface area contributed by atoms with E-state index in [0.717, 1.165) is 30.9 Å². The van der Waals surface area contributed by atoms with Gasteiger partial charge in [-0.2, -0.15) is 0 Å². The number of aliphatic hydroxyl groups is 1. The fourth-order valence-corrected chi connectivity index (χ4v) is 2.20. The van der Waals surface area contributed by atoms with E-state index in [-0.39, 0.29) is 6.61 Å². The minimum absolute atomic E-state index is 0.00657. The zero-order valence-electron chi connectivity index (χ0n) is 10.1. The molecule has 1 aliphatic heterocycles. The summed E-state index contributed by atoms with van der Waals surface area (Å²) < 4.78 is 10.9. The first-order chi connectivity index (χ1) is 8.32. The number of methoxy groups -OCH3 is 1. The van der Waals surface area contributed by atoms with Crippen LogP contribution in [0.25, 0.3) is 0 Å². The molecule has 0 aliphatic carbocycles. The topological polar surface area (TPSA) is 50.7 Å². The third-order valence-corrected chi connectivity index (χ3v) is 3.17. The Kier molecular flexibility index (Phi) is 3.99.